The molecule has 1 aromatic carbocycles. The average Bonchev–Trinajstić information content (AvgIpc) is 2.92. The fourth-order valence-electron chi connectivity index (χ4n) is 5.70. The molecule has 2 saturated heterocycles. The maximum absolute atomic E-state index is 14.3. The first-order chi connectivity index (χ1) is 19.1. The number of aromatic nitrogens is 3. The lowest BCUT2D eigenvalue weighted by molar-refractivity contribution is -0.0689. The highest BCUT2D eigenvalue weighted by Gasteiger charge is 2.32. The molecule has 4 heterocycles. The molecule has 0 amide bonds. The van der Waals surface area contributed by atoms with Crippen LogP contribution in [0.15, 0.2) is 35.3 Å². The molecule has 2 aliphatic heterocycles. The molecule has 5 rings (SSSR count). The van der Waals surface area contributed by atoms with Crippen LogP contribution in [0, 0.1) is 0 Å². The van der Waals surface area contributed by atoms with Gasteiger partial charge in [0.15, 0.2) is 0 Å². The van der Waals surface area contributed by atoms with Gasteiger partial charge >= 0.3 is 0 Å². The summed E-state index contributed by atoms with van der Waals surface area (Å²) in [6.45, 7) is 10.2. The number of hydrogen-bond acceptors (Lipinski definition) is 8. The molecular formula is C30H40ClN5O4. The Balaban J connectivity index is 1.58. The summed E-state index contributed by atoms with van der Waals surface area (Å²) in [5.74, 6) is 0.528. The molecule has 2 N–H and O–H groups in total. The number of nitrogens with zero attached hydrogens (tertiary/aromatic N) is 3. The Hall–Kier alpha value is -2.56. The van der Waals surface area contributed by atoms with Crippen molar-refractivity contribution in [1.29, 1.82) is 0 Å². The summed E-state index contributed by atoms with van der Waals surface area (Å²) in [6, 6.07) is 7.91. The van der Waals surface area contributed by atoms with E-state index < -0.39 is 0 Å². The normalized spacial score (nSPS) is 21.3. The number of methoxy groups -OCH3 is 1. The summed E-state index contributed by atoms with van der Waals surface area (Å²) in [5.41, 5.74) is 2.40. The summed E-state index contributed by atoms with van der Waals surface area (Å²) in [7, 11) is 1.67. The number of halogens is 1. The number of pyridine rings is 1. The molecule has 0 aliphatic carbocycles. The third kappa shape index (κ3) is 6.34. The largest absolute Gasteiger partial charge is 0.381 e. The number of ether oxygens (including phenoxy) is 3. The van der Waals surface area contributed by atoms with Crippen molar-refractivity contribution < 1.29 is 14.2 Å². The Morgan fingerprint density at radius 2 is 1.90 bits per heavy atom. The lowest BCUT2D eigenvalue weighted by Gasteiger charge is -2.36. The first kappa shape index (κ1) is 29.0. The van der Waals surface area contributed by atoms with Gasteiger partial charge in [0.05, 0.1) is 5.60 Å². The fraction of sp³-hybridized carbons (Fsp3) is 0.567. The molecule has 0 bridgehead atoms. The van der Waals surface area contributed by atoms with Crippen LogP contribution in [0.5, 0.6) is 0 Å². The van der Waals surface area contributed by atoms with Crippen molar-refractivity contribution in [1.82, 2.24) is 19.9 Å². The summed E-state index contributed by atoms with van der Waals surface area (Å²) >= 11 is 6.84. The maximum atomic E-state index is 14.3. The highest BCUT2D eigenvalue weighted by atomic mass is 35.5. The Morgan fingerprint density at radius 3 is 2.60 bits per heavy atom. The van der Waals surface area contributed by atoms with Crippen LogP contribution in [0.2, 0.25) is 5.02 Å². The van der Waals surface area contributed by atoms with Gasteiger partial charge in [-0.3, -0.25) is 14.7 Å². The second-order valence-electron chi connectivity index (χ2n) is 11.5. The van der Waals surface area contributed by atoms with E-state index in [1.165, 1.54) is 0 Å². The Labute approximate surface area is 240 Å². The lowest BCUT2D eigenvalue weighted by atomic mass is 9.93. The molecule has 3 aromatic rings. The van der Waals surface area contributed by atoms with Gasteiger partial charge in [-0.05, 0) is 71.1 Å². The molecule has 2 aromatic heterocycles. The minimum absolute atomic E-state index is 0.0225. The summed E-state index contributed by atoms with van der Waals surface area (Å²) in [5, 5.41) is 8.14. The predicted octanol–water partition coefficient (Wildman–Crippen LogP) is 5.48. The zero-order valence-electron chi connectivity index (χ0n) is 24.0. The lowest BCUT2D eigenvalue weighted by Crippen LogP contribution is -2.39. The van der Waals surface area contributed by atoms with Gasteiger partial charge in [-0.2, -0.15) is 4.98 Å². The molecule has 0 spiro atoms. The molecule has 3 atom stereocenters. The number of hydrogen-bond donors (Lipinski definition) is 2. The van der Waals surface area contributed by atoms with E-state index in [1.807, 2.05) is 35.8 Å². The van der Waals surface area contributed by atoms with Crippen LogP contribution in [-0.2, 0) is 14.2 Å². The van der Waals surface area contributed by atoms with Crippen LogP contribution in [0.3, 0.4) is 0 Å². The number of benzene rings is 1. The fourth-order valence-corrected chi connectivity index (χ4v) is 5.99. The SMILES string of the molecule is COC(C)NC(C)c1ccc(-c2cc3cnc(NC4CCOCC4)nc3n(C3CCOC(C)(C)C3)c2=O)c(Cl)c1. The van der Waals surface area contributed by atoms with E-state index in [0.29, 0.717) is 40.8 Å². The van der Waals surface area contributed by atoms with E-state index in [2.05, 4.69) is 36.4 Å². The van der Waals surface area contributed by atoms with E-state index in [4.69, 9.17) is 30.8 Å². The summed E-state index contributed by atoms with van der Waals surface area (Å²) in [4.78, 5) is 23.8. The summed E-state index contributed by atoms with van der Waals surface area (Å²) < 4.78 is 18.7. The van der Waals surface area contributed by atoms with E-state index in [-0.39, 0.29) is 35.5 Å². The van der Waals surface area contributed by atoms with Gasteiger partial charge in [-0.25, -0.2) is 4.98 Å². The molecule has 2 aliphatic rings. The van der Waals surface area contributed by atoms with Crippen molar-refractivity contribution >= 4 is 28.6 Å². The van der Waals surface area contributed by atoms with Gasteiger partial charge < -0.3 is 19.5 Å². The number of nitrogens with one attached hydrogen (secondary N) is 2. The monoisotopic (exact) mass is 569 g/mol. The zero-order chi connectivity index (χ0) is 28.4. The van der Waals surface area contributed by atoms with Gasteiger partial charge in [-0.1, -0.05) is 23.7 Å². The second kappa shape index (κ2) is 12.1. The van der Waals surface area contributed by atoms with Crippen LogP contribution >= 0.6 is 11.6 Å². The molecule has 0 radical (unpaired) electrons. The van der Waals surface area contributed by atoms with Crippen LogP contribution in [0.25, 0.3) is 22.2 Å². The van der Waals surface area contributed by atoms with Crippen LogP contribution in [0.4, 0.5) is 5.95 Å². The highest BCUT2D eigenvalue weighted by Crippen LogP contribution is 2.35. The highest BCUT2D eigenvalue weighted by molar-refractivity contribution is 6.33. The molecule has 3 unspecified atom stereocenters. The molecule has 216 valence electrons. The standard InChI is InChI=1S/C30H40ClN5O4/c1-18(33-19(2)38-5)20-6-7-24(26(31)15-20)25-14-21-17-32-29(34-22-8-11-39-12-9-22)35-27(21)36(28(25)37)23-10-13-40-30(3,4)16-23/h6-7,14-15,17-19,22-23,33H,8-13,16H2,1-5H3,(H,32,34,35). The third-order valence-electron chi connectivity index (χ3n) is 7.99. The molecule has 0 saturated carbocycles. The van der Waals surface area contributed by atoms with Crippen LogP contribution in [-0.4, -0.2) is 59.3 Å². The van der Waals surface area contributed by atoms with Gasteiger partial charge in [0.1, 0.15) is 11.9 Å². The van der Waals surface area contributed by atoms with E-state index in [1.54, 1.807) is 13.3 Å². The molecule has 9 nitrogen and oxygen atoms in total. The minimum Gasteiger partial charge on any atom is -0.381 e. The van der Waals surface area contributed by atoms with Gasteiger partial charge in [0.25, 0.3) is 5.56 Å². The van der Waals surface area contributed by atoms with E-state index in [9.17, 15) is 4.79 Å². The molecule has 10 heteroatoms. The van der Waals surface area contributed by atoms with Crippen molar-refractivity contribution in [3.63, 3.8) is 0 Å². The molecular weight excluding hydrogens is 530 g/mol. The van der Waals surface area contributed by atoms with Crippen molar-refractivity contribution in [3.8, 4) is 11.1 Å². The number of anilines is 1. The maximum Gasteiger partial charge on any atom is 0.260 e. The van der Waals surface area contributed by atoms with Crippen molar-refractivity contribution in [3.05, 3.63) is 51.4 Å². The second-order valence-corrected chi connectivity index (χ2v) is 11.9. The number of rotatable bonds is 8. The number of fused-ring (bicyclic) bond motifs is 1. The minimum atomic E-state index is -0.345. The Morgan fingerprint density at radius 1 is 1.12 bits per heavy atom. The van der Waals surface area contributed by atoms with Crippen molar-refractivity contribution in [2.75, 3.05) is 32.2 Å². The topological polar surface area (TPSA) is 99.5 Å². The zero-order valence-corrected chi connectivity index (χ0v) is 24.8. The van der Waals surface area contributed by atoms with E-state index >= 15 is 0 Å². The predicted molar refractivity (Wildman–Crippen MR) is 158 cm³/mol. The van der Waals surface area contributed by atoms with Crippen molar-refractivity contribution in [2.24, 2.45) is 0 Å². The smallest absolute Gasteiger partial charge is 0.260 e. The first-order valence-corrected chi connectivity index (χ1v) is 14.5. The van der Waals surface area contributed by atoms with Gasteiger partial charge in [-0.15, -0.1) is 0 Å². The third-order valence-corrected chi connectivity index (χ3v) is 8.30. The Kier molecular flexibility index (Phi) is 8.78. The molecule has 40 heavy (non-hydrogen) atoms. The average molecular weight is 570 g/mol. The van der Waals surface area contributed by atoms with E-state index in [0.717, 1.165) is 43.4 Å². The first-order valence-electron chi connectivity index (χ1n) is 14.1. The Bertz CT molecular complexity index is 1400. The van der Waals surface area contributed by atoms with Crippen molar-refractivity contribution in [2.45, 2.75) is 83.3 Å². The molecule has 2 fully saturated rings. The van der Waals surface area contributed by atoms with Crippen LogP contribution < -0.4 is 16.2 Å². The quantitative estimate of drug-likeness (QED) is 0.344. The van der Waals surface area contributed by atoms with Gasteiger partial charge in [0, 0.05) is 72.8 Å². The summed E-state index contributed by atoms with van der Waals surface area (Å²) in [6.07, 6.45) is 4.92. The van der Waals surface area contributed by atoms with Gasteiger partial charge in [0.2, 0.25) is 5.95 Å². The van der Waals surface area contributed by atoms with Crippen LogP contribution in [0.1, 0.15) is 71.0 Å².